The fourth-order valence-electron chi connectivity index (χ4n) is 2.88. The third-order valence-corrected chi connectivity index (χ3v) is 4.68. The molecule has 0 saturated heterocycles. The summed E-state index contributed by atoms with van der Waals surface area (Å²) in [5, 5.41) is 0.644. The predicted molar refractivity (Wildman–Crippen MR) is 112 cm³/mol. The van der Waals surface area contributed by atoms with Crippen LogP contribution in [-0.4, -0.2) is 5.78 Å². The van der Waals surface area contributed by atoms with Crippen LogP contribution in [0.4, 0.5) is 0 Å². The molecule has 4 rings (SSSR count). The Bertz CT molecular complexity index is 1060. The van der Waals surface area contributed by atoms with Crippen molar-refractivity contribution in [3.8, 4) is 11.5 Å². The summed E-state index contributed by atoms with van der Waals surface area (Å²) in [5.74, 6) is 1.29. The topological polar surface area (TPSA) is 35.5 Å². The molecular weight excluding hydrogens is 372 g/mol. The van der Waals surface area contributed by atoms with Gasteiger partial charge in [-0.2, -0.15) is 0 Å². The van der Waals surface area contributed by atoms with Crippen LogP contribution in [0.5, 0.6) is 11.5 Å². The van der Waals surface area contributed by atoms with E-state index in [0.29, 0.717) is 28.7 Å². The SMILES string of the molecule is C=Cc1ccc(COc2ccc3c(c2)O/C(=C\c2ccc(Cl)cc2)C3=O)cc1. The van der Waals surface area contributed by atoms with Crippen molar-refractivity contribution in [1.82, 2.24) is 0 Å². The standard InChI is InChI=1S/C24H17ClO3/c1-2-16-3-5-18(6-4-16)15-27-20-11-12-21-22(14-20)28-23(24(21)26)13-17-7-9-19(25)10-8-17/h2-14H,1,15H2/b23-13-. The van der Waals surface area contributed by atoms with Crippen molar-refractivity contribution in [2.45, 2.75) is 6.61 Å². The molecule has 1 heterocycles. The number of benzene rings is 3. The molecule has 0 atom stereocenters. The van der Waals surface area contributed by atoms with Crippen LogP contribution in [-0.2, 0) is 6.61 Å². The van der Waals surface area contributed by atoms with Crippen LogP contribution in [0.3, 0.4) is 0 Å². The Balaban J connectivity index is 1.48. The van der Waals surface area contributed by atoms with Crippen LogP contribution in [0.25, 0.3) is 12.2 Å². The Morgan fingerprint density at radius 1 is 0.964 bits per heavy atom. The summed E-state index contributed by atoms with van der Waals surface area (Å²) in [5.41, 5.74) is 3.49. The summed E-state index contributed by atoms with van der Waals surface area (Å²) < 4.78 is 11.6. The summed E-state index contributed by atoms with van der Waals surface area (Å²) in [6.45, 7) is 4.17. The molecule has 28 heavy (non-hydrogen) atoms. The van der Waals surface area contributed by atoms with E-state index >= 15 is 0 Å². The zero-order chi connectivity index (χ0) is 19.5. The van der Waals surface area contributed by atoms with E-state index < -0.39 is 0 Å². The van der Waals surface area contributed by atoms with E-state index in [1.165, 1.54) is 0 Å². The van der Waals surface area contributed by atoms with E-state index in [2.05, 4.69) is 6.58 Å². The lowest BCUT2D eigenvalue weighted by molar-refractivity contribution is 0.101. The molecule has 0 unspecified atom stereocenters. The number of halogens is 1. The van der Waals surface area contributed by atoms with Crippen molar-refractivity contribution in [1.29, 1.82) is 0 Å². The van der Waals surface area contributed by atoms with Gasteiger partial charge in [0, 0.05) is 11.1 Å². The molecule has 0 aliphatic carbocycles. The summed E-state index contributed by atoms with van der Waals surface area (Å²) >= 11 is 5.90. The molecule has 0 aromatic heterocycles. The van der Waals surface area contributed by atoms with Gasteiger partial charge in [-0.3, -0.25) is 4.79 Å². The van der Waals surface area contributed by atoms with E-state index in [4.69, 9.17) is 21.1 Å². The number of allylic oxidation sites excluding steroid dienone is 1. The van der Waals surface area contributed by atoms with Gasteiger partial charge in [-0.1, -0.05) is 60.7 Å². The third kappa shape index (κ3) is 3.85. The van der Waals surface area contributed by atoms with Crippen LogP contribution in [0.2, 0.25) is 5.02 Å². The normalized spacial score (nSPS) is 13.9. The summed E-state index contributed by atoms with van der Waals surface area (Å²) in [7, 11) is 0. The van der Waals surface area contributed by atoms with Crippen LogP contribution < -0.4 is 9.47 Å². The van der Waals surface area contributed by atoms with Gasteiger partial charge >= 0.3 is 0 Å². The van der Waals surface area contributed by atoms with E-state index in [1.807, 2.05) is 36.4 Å². The van der Waals surface area contributed by atoms with Crippen molar-refractivity contribution in [3.63, 3.8) is 0 Å². The minimum Gasteiger partial charge on any atom is -0.489 e. The first-order valence-corrected chi connectivity index (χ1v) is 9.18. The number of hydrogen-bond donors (Lipinski definition) is 0. The molecule has 0 amide bonds. The van der Waals surface area contributed by atoms with Gasteiger partial charge in [-0.05, 0) is 47.0 Å². The minimum atomic E-state index is -0.142. The third-order valence-electron chi connectivity index (χ3n) is 4.43. The fraction of sp³-hybridized carbons (Fsp3) is 0.0417. The largest absolute Gasteiger partial charge is 0.489 e. The van der Waals surface area contributed by atoms with E-state index in [1.54, 1.807) is 42.5 Å². The molecule has 0 bridgehead atoms. The van der Waals surface area contributed by atoms with Gasteiger partial charge in [0.15, 0.2) is 5.76 Å². The maximum Gasteiger partial charge on any atom is 0.231 e. The minimum absolute atomic E-state index is 0.142. The molecule has 3 aromatic rings. The molecule has 1 aliphatic rings. The van der Waals surface area contributed by atoms with E-state index in [-0.39, 0.29) is 11.5 Å². The molecule has 138 valence electrons. The number of fused-ring (bicyclic) bond motifs is 1. The lowest BCUT2D eigenvalue weighted by atomic mass is 10.1. The highest BCUT2D eigenvalue weighted by molar-refractivity contribution is 6.30. The van der Waals surface area contributed by atoms with Crippen LogP contribution >= 0.6 is 11.6 Å². The summed E-state index contributed by atoms with van der Waals surface area (Å²) in [4.78, 5) is 12.6. The molecule has 0 fully saturated rings. The van der Waals surface area contributed by atoms with Crippen molar-refractivity contribution in [3.05, 3.63) is 106 Å². The Labute approximate surface area is 168 Å². The van der Waals surface area contributed by atoms with Crippen molar-refractivity contribution in [2.24, 2.45) is 0 Å². The maximum absolute atomic E-state index is 12.6. The number of ether oxygens (including phenoxy) is 2. The van der Waals surface area contributed by atoms with Crippen molar-refractivity contribution >= 4 is 29.5 Å². The average molecular weight is 389 g/mol. The monoisotopic (exact) mass is 388 g/mol. The highest BCUT2D eigenvalue weighted by atomic mass is 35.5. The number of hydrogen-bond acceptors (Lipinski definition) is 3. The van der Waals surface area contributed by atoms with E-state index in [0.717, 1.165) is 16.7 Å². The predicted octanol–water partition coefficient (Wildman–Crippen LogP) is 6.18. The van der Waals surface area contributed by atoms with Gasteiger partial charge < -0.3 is 9.47 Å². The average Bonchev–Trinajstić information content (AvgIpc) is 3.03. The molecule has 0 saturated carbocycles. The first kappa shape index (κ1) is 18.1. The number of ketones is 1. The fourth-order valence-corrected chi connectivity index (χ4v) is 3.01. The zero-order valence-corrected chi connectivity index (χ0v) is 15.8. The molecule has 0 spiro atoms. The molecule has 0 radical (unpaired) electrons. The van der Waals surface area contributed by atoms with Crippen LogP contribution in [0, 0.1) is 0 Å². The van der Waals surface area contributed by atoms with Gasteiger partial charge in [-0.15, -0.1) is 0 Å². The smallest absolute Gasteiger partial charge is 0.231 e. The van der Waals surface area contributed by atoms with Gasteiger partial charge in [0.05, 0.1) is 5.56 Å². The quantitative estimate of drug-likeness (QED) is 0.490. The van der Waals surface area contributed by atoms with Crippen LogP contribution in [0.1, 0.15) is 27.0 Å². The highest BCUT2D eigenvalue weighted by Gasteiger charge is 2.27. The van der Waals surface area contributed by atoms with Crippen molar-refractivity contribution in [2.75, 3.05) is 0 Å². The van der Waals surface area contributed by atoms with E-state index in [9.17, 15) is 4.79 Å². The van der Waals surface area contributed by atoms with Gasteiger partial charge in [-0.25, -0.2) is 0 Å². The lowest BCUT2D eigenvalue weighted by Crippen LogP contribution is -1.98. The second-order valence-corrected chi connectivity index (χ2v) is 6.82. The first-order chi connectivity index (χ1) is 13.6. The van der Waals surface area contributed by atoms with Gasteiger partial charge in [0.2, 0.25) is 5.78 Å². The van der Waals surface area contributed by atoms with Crippen molar-refractivity contribution < 1.29 is 14.3 Å². The molecule has 1 aliphatic heterocycles. The Kier molecular flexibility index (Phi) is 5.00. The molecule has 0 N–H and O–H groups in total. The summed E-state index contributed by atoms with van der Waals surface area (Å²) in [6, 6.07) is 20.4. The second-order valence-electron chi connectivity index (χ2n) is 6.38. The zero-order valence-electron chi connectivity index (χ0n) is 15.0. The highest BCUT2D eigenvalue weighted by Crippen LogP contribution is 2.35. The molecule has 4 heteroatoms. The maximum atomic E-state index is 12.6. The summed E-state index contributed by atoms with van der Waals surface area (Å²) in [6.07, 6.45) is 3.51. The Morgan fingerprint density at radius 2 is 1.68 bits per heavy atom. The number of carbonyl (C=O) groups is 1. The molecule has 3 aromatic carbocycles. The van der Waals surface area contributed by atoms with Crippen LogP contribution in [0.15, 0.2) is 79.1 Å². The molecular formula is C24H17ClO3. The van der Waals surface area contributed by atoms with Gasteiger partial charge in [0.25, 0.3) is 0 Å². The Morgan fingerprint density at radius 3 is 2.39 bits per heavy atom. The molecule has 3 nitrogen and oxygen atoms in total. The second kappa shape index (κ2) is 7.75. The Hall–Kier alpha value is -3.30. The number of Topliss-reactive ketones (excluding diaryl/α,β-unsaturated/α-hetero) is 1. The number of carbonyl (C=O) groups excluding carboxylic acids is 1. The first-order valence-electron chi connectivity index (χ1n) is 8.80. The number of rotatable bonds is 5. The lowest BCUT2D eigenvalue weighted by Gasteiger charge is -2.07. The van der Waals surface area contributed by atoms with Gasteiger partial charge in [0.1, 0.15) is 18.1 Å².